The quantitative estimate of drug-likeness (QED) is 0.296. The normalized spacial score (nSPS) is 22.9. The Kier molecular flexibility index (Phi) is 10.1. The Morgan fingerprint density at radius 2 is 1.97 bits per heavy atom. The van der Waals surface area contributed by atoms with E-state index in [2.05, 4.69) is 31.6 Å². The van der Waals surface area contributed by atoms with Crippen LogP contribution >= 0.6 is 0 Å². The number of nitrogens with zero attached hydrogens (tertiary/aromatic N) is 5. The first-order valence-electron chi connectivity index (χ1n) is 13.3. The summed E-state index contributed by atoms with van der Waals surface area (Å²) in [6.07, 6.45) is 10.2. The predicted molar refractivity (Wildman–Crippen MR) is 154 cm³/mol. The largest absolute Gasteiger partial charge is 0.507 e. The lowest BCUT2D eigenvalue weighted by Gasteiger charge is -2.38. The van der Waals surface area contributed by atoms with Crippen molar-refractivity contribution in [2.24, 2.45) is 15.2 Å². The van der Waals surface area contributed by atoms with E-state index in [1.54, 1.807) is 25.3 Å². The highest BCUT2D eigenvalue weighted by atomic mass is 19.1. The molecule has 198 valence electrons. The van der Waals surface area contributed by atoms with Gasteiger partial charge in [0.25, 0.3) is 0 Å². The van der Waals surface area contributed by atoms with E-state index in [1.807, 2.05) is 45.9 Å². The molecule has 0 aromatic heterocycles. The highest BCUT2D eigenvalue weighted by molar-refractivity contribution is 6.17. The number of amidine groups is 1. The van der Waals surface area contributed by atoms with Crippen LogP contribution in [0.5, 0.6) is 5.75 Å². The Bertz CT molecular complexity index is 1170. The molecule has 1 aliphatic carbocycles. The maximum absolute atomic E-state index is 14.7. The van der Waals surface area contributed by atoms with Gasteiger partial charge < -0.3 is 10.0 Å². The van der Waals surface area contributed by atoms with Crippen molar-refractivity contribution in [2.75, 3.05) is 33.2 Å². The Morgan fingerprint density at radius 1 is 1.19 bits per heavy atom. The smallest absolute Gasteiger partial charge is 0.149 e. The first-order chi connectivity index (χ1) is 17.9. The third-order valence-corrected chi connectivity index (χ3v) is 6.89. The maximum Gasteiger partial charge on any atom is 0.149 e. The van der Waals surface area contributed by atoms with Gasteiger partial charge in [0.2, 0.25) is 0 Å². The standard InChI is InChI=1S/C28H34FN5O.C2H6/c1-5-8-21-15-22(16-25(29)28(21)30-4)20-10-11-24(27(35)17-20)26(6-2)32-31-19(3)34-14-13-33-12-7-9-23(33)18-34;1-2/h6,8,10-11,15-17,23,35H,2,5,7,9,12-14,18H2,1,3-4H3;1-2H3/b21-8-,30-28?,31-19+,32-26+;/t23-;/m1./s1. The molecule has 2 fully saturated rings. The van der Waals surface area contributed by atoms with Crippen LogP contribution in [0, 0.1) is 0 Å². The molecule has 0 bridgehead atoms. The highest BCUT2D eigenvalue weighted by Crippen LogP contribution is 2.31. The van der Waals surface area contributed by atoms with E-state index in [4.69, 9.17) is 0 Å². The fraction of sp³-hybridized carbons (Fsp3) is 0.433. The molecule has 1 aromatic carbocycles. The molecule has 7 heteroatoms. The minimum atomic E-state index is -0.384. The van der Waals surface area contributed by atoms with Crippen LogP contribution < -0.4 is 0 Å². The lowest BCUT2D eigenvalue weighted by atomic mass is 9.92. The van der Waals surface area contributed by atoms with Gasteiger partial charge in [-0.15, -0.1) is 10.2 Å². The van der Waals surface area contributed by atoms with Crippen molar-refractivity contribution in [3.63, 3.8) is 0 Å². The van der Waals surface area contributed by atoms with Crippen molar-refractivity contribution in [1.29, 1.82) is 0 Å². The predicted octanol–water partition coefficient (Wildman–Crippen LogP) is 6.16. The first-order valence-corrected chi connectivity index (χ1v) is 13.3. The zero-order valence-electron chi connectivity index (χ0n) is 22.8. The minimum Gasteiger partial charge on any atom is -0.507 e. The van der Waals surface area contributed by atoms with Crippen molar-refractivity contribution < 1.29 is 9.50 Å². The van der Waals surface area contributed by atoms with Crippen LogP contribution in [0.1, 0.15) is 58.1 Å². The van der Waals surface area contributed by atoms with E-state index in [1.165, 1.54) is 25.5 Å². The summed E-state index contributed by atoms with van der Waals surface area (Å²) in [5, 5.41) is 19.7. The van der Waals surface area contributed by atoms with E-state index in [9.17, 15) is 9.50 Å². The number of rotatable bonds is 5. The zero-order chi connectivity index (χ0) is 26.9. The summed E-state index contributed by atoms with van der Waals surface area (Å²) in [6.45, 7) is 16.0. The summed E-state index contributed by atoms with van der Waals surface area (Å²) in [4.78, 5) is 8.91. The highest BCUT2D eigenvalue weighted by Gasteiger charge is 2.30. The zero-order valence-corrected chi connectivity index (χ0v) is 22.8. The number of hydrogen-bond donors (Lipinski definition) is 1. The topological polar surface area (TPSA) is 63.8 Å². The molecule has 0 unspecified atom stereocenters. The van der Waals surface area contributed by atoms with Crippen LogP contribution in [0.25, 0.3) is 5.57 Å². The number of phenols is 1. The molecule has 6 nitrogen and oxygen atoms in total. The lowest BCUT2D eigenvalue weighted by Crippen LogP contribution is -2.51. The van der Waals surface area contributed by atoms with Gasteiger partial charge in [-0.25, -0.2) is 4.39 Å². The van der Waals surface area contributed by atoms with Crippen molar-refractivity contribution in [3.8, 4) is 5.75 Å². The van der Waals surface area contributed by atoms with Crippen LogP contribution in [0.3, 0.4) is 0 Å². The van der Waals surface area contributed by atoms with Gasteiger partial charge in [0.1, 0.15) is 17.4 Å². The number of fused-ring (bicyclic) bond motifs is 1. The molecule has 0 saturated carbocycles. The second-order valence-corrected chi connectivity index (χ2v) is 9.08. The van der Waals surface area contributed by atoms with Crippen molar-refractivity contribution in [3.05, 3.63) is 71.6 Å². The number of hydrogen-bond acceptors (Lipinski definition) is 5. The molecule has 2 aliphatic heterocycles. The van der Waals surface area contributed by atoms with Gasteiger partial charge in [0, 0.05) is 38.3 Å². The van der Waals surface area contributed by atoms with E-state index in [0.29, 0.717) is 34.2 Å². The van der Waals surface area contributed by atoms with E-state index in [0.717, 1.165) is 37.5 Å². The summed E-state index contributed by atoms with van der Waals surface area (Å²) in [6, 6.07) is 5.84. The van der Waals surface area contributed by atoms with E-state index < -0.39 is 0 Å². The Morgan fingerprint density at radius 3 is 2.65 bits per heavy atom. The second kappa shape index (κ2) is 13.3. The number of aromatic hydroxyl groups is 1. The number of phenolic OH excluding ortho intramolecular Hbond substituents is 1. The average Bonchev–Trinajstić information content (AvgIpc) is 3.39. The van der Waals surface area contributed by atoms with Gasteiger partial charge >= 0.3 is 0 Å². The average molecular weight is 506 g/mol. The van der Waals surface area contributed by atoms with Crippen LogP contribution in [-0.4, -0.2) is 71.4 Å². The number of aliphatic imine (C=N–C) groups is 1. The Balaban J connectivity index is 0.00000186. The van der Waals surface area contributed by atoms with E-state index in [-0.39, 0.29) is 11.6 Å². The van der Waals surface area contributed by atoms with Crippen LogP contribution in [0.2, 0.25) is 0 Å². The second-order valence-electron chi connectivity index (χ2n) is 9.08. The molecule has 2 saturated heterocycles. The Hall–Kier alpha value is -3.32. The number of halogens is 1. The molecule has 0 radical (unpaired) electrons. The number of benzene rings is 1. The van der Waals surface area contributed by atoms with Crippen molar-refractivity contribution >= 4 is 22.8 Å². The van der Waals surface area contributed by atoms with Crippen LogP contribution in [0.15, 0.2) is 75.7 Å². The molecule has 1 N–H and O–H groups in total. The van der Waals surface area contributed by atoms with Gasteiger partial charge in [-0.05, 0) is 79.8 Å². The van der Waals surface area contributed by atoms with Gasteiger partial charge in [0.15, 0.2) is 0 Å². The number of allylic oxidation sites excluding steroid dienone is 7. The molecule has 3 aliphatic rings. The SMILES string of the molecule is C=C/C(=N\N=C(/C)N1CCN2CCC[C@@H]2C1)c1ccc(C2=C/C(=C/CC)C(=NC)C(F)=C2)cc1O.CC. The molecular formula is C30H40FN5O. The maximum atomic E-state index is 14.7. The molecule has 1 aromatic rings. The Labute approximate surface area is 221 Å². The monoisotopic (exact) mass is 505 g/mol. The number of piperazine rings is 1. The van der Waals surface area contributed by atoms with Crippen LogP contribution in [0.4, 0.5) is 4.39 Å². The molecule has 1 atom stereocenters. The molecule has 37 heavy (non-hydrogen) atoms. The fourth-order valence-electron chi connectivity index (χ4n) is 5.01. The summed E-state index contributed by atoms with van der Waals surface area (Å²) >= 11 is 0. The first kappa shape index (κ1) is 28.3. The van der Waals surface area contributed by atoms with E-state index >= 15 is 0 Å². The molecule has 0 spiro atoms. The van der Waals surface area contributed by atoms with Crippen LogP contribution in [-0.2, 0) is 0 Å². The summed E-state index contributed by atoms with van der Waals surface area (Å²) in [5.74, 6) is 0.521. The molecule has 0 amide bonds. The lowest BCUT2D eigenvalue weighted by molar-refractivity contribution is 0.151. The van der Waals surface area contributed by atoms with Gasteiger partial charge in [-0.3, -0.25) is 9.89 Å². The summed E-state index contributed by atoms with van der Waals surface area (Å²) in [5.41, 5.74) is 3.48. The molecule has 4 rings (SSSR count). The summed E-state index contributed by atoms with van der Waals surface area (Å²) in [7, 11) is 1.58. The minimum absolute atomic E-state index is 0.0410. The molecule has 2 heterocycles. The fourth-order valence-corrected chi connectivity index (χ4v) is 5.01. The summed E-state index contributed by atoms with van der Waals surface area (Å²) < 4.78 is 14.7. The van der Waals surface area contributed by atoms with Gasteiger partial charge in [0.05, 0.1) is 11.4 Å². The van der Waals surface area contributed by atoms with Gasteiger partial charge in [-0.2, -0.15) is 0 Å². The third kappa shape index (κ3) is 6.52. The van der Waals surface area contributed by atoms with Crippen molar-refractivity contribution in [1.82, 2.24) is 9.80 Å². The molecular weight excluding hydrogens is 465 g/mol. The van der Waals surface area contributed by atoms with Gasteiger partial charge in [-0.1, -0.05) is 39.5 Å². The van der Waals surface area contributed by atoms with Crippen molar-refractivity contribution in [2.45, 2.75) is 53.0 Å². The third-order valence-electron chi connectivity index (χ3n) is 6.89.